The maximum absolute atomic E-state index is 13.1. The van der Waals surface area contributed by atoms with E-state index >= 15 is 0 Å². The Morgan fingerprint density at radius 3 is 2.75 bits per heavy atom. The van der Waals surface area contributed by atoms with Crippen LogP contribution in [0.5, 0.6) is 5.75 Å². The molecular weight excluding hydrogens is 326 g/mol. The summed E-state index contributed by atoms with van der Waals surface area (Å²) < 4.78 is 34.7. The molecule has 0 bridgehead atoms. The highest BCUT2D eigenvalue weighted by atomic mass is 32.2. The Hall–Kier alpha value is -2.12. The van der Waals surface area contributed by atoms with Crippen molar-refractivity contribution in [2.24, 2.45) is 7.05 Å². The highest BCUT2D eigenvalue weighted by Gasteiger charge is 2.30. The number of sulfonamides is 1. The molecule has 2 aromatic rings. The van der Waals surface area contributed by atoms with E-state index in [1.807, 2.05) is 26.2 Å². The molecular formula is C17H21N3O3S. The molecule has 0 saturated carbocycles. The van der Waals surface area contributed by atoms with Gasteiger partial charge in [-0.3, -0.25) is 4.68 Å². The maximum atomic E-state index is 13.1. The Bertz CT molecular complexity index is 884. The van der Waals surface area contributed by atoms with Crippen LogP contribution in [-0.2, 0) is 17.1 Å². The molecule has 0 unspecified atom stereocenters. The molecule has 0 amide bonds. The highest BCUT2D eigenvalue weighted by Crippen LogP contribution is 2.31. The molecule has 0 atom stereocenters. The zero-order chi connectivity index (χ0) is 17.3. The van der Waals surface area contributed by atoms with E-state index in [1.54, 1.807) is 23.0 Å². The molecule has 2 heterocycles. The second kappa shape index (κ2) is 6.41. The van der Waals surface area contributed by atoms with Gasteiger partial charge in [-0.1, -0.05) is 12.1 Å². The first-order chi connectivity index (χ1) is 11.4. The van der Waals surface area contributed by atoms with Crippen molar-refractivity contribution in [3.05, 3.63) is 47.8 Å². The summed E-state index contributed by atoms with van der Waals surface area (Å²) in [4.78, 5) is 0.220. The predicted octanol–water partition coefficient (Wildman–Crippen LogP) is 2.22. The van der Waals surface area contributed by atoms with E-state index < -0.39 is 10.0 Å². The zero-order valence-electron chi connectivity index (χ0n) is 14.1. The van der Waals surface area contributed by atoms with Gasteiger partial charge in [-0.25, -0.2) is 8.42 Å². The summed E-state index contributed by atoms with van der Waals surface area (Å²) in [5.41, 5.74) is 2.81. The van der Waals surface area contributed by atoms with Crippen molar-refractivity contribution in [1.82, 2.24) is 14.1 Å². The molecule has 0 saturated heterocycles. The van der Waals surface area contributed by atoms with E-state index in [4.69, 9.17) is 4.74 Å². The van der Waals surface area contributed by atoms with Crippen LogP contribution in [0, 0.1) is 6.92 Å². The number of rotatable bonds is 4. The molecule has 6 nitrogen and oxygen atoms in total. The number of aryl methyl sites for hydroxylation is 2. The van der Waals surface area contributed by atoms with E-state index in [2.05, 4.69) is 11.2 Å². The monoisotopic (exact) mass is 347 g/mol. The molecule has 1 aromatic carbocycles. The topological polar surface area (TPSA) is 64.4 Å². The summed E-state index contributed by atoms with van der Waals surface area (Å²) in [5.74, 6) is 0.373. The number of ether oxygens (including phenoxy) is 1. The van der Waals surface area contributed by atoms with Crippen molar-refractivity contribution in [3.63, 3.8) is 0 Å². The molecule has 1 aromatic heterocycles. The van der Waals surface area contributed by atoms with Crippen LogP contribution < -0.4 is 4.74 Å². The summed E-state index contributed by atoms with van der Waals surface area (Å²) in [5, 5.41) is 4.16. The molecule has 0 fully saturated rings. The van der Waals surface area contributed by atoms with E-state index in [-0.39, 0.29) is 4.90 Å². The molecule has 1 aliphatic rings. The molecule has 128 valence electrons. The van der Waals surface area contributed by atoms with Crippen molar-refractivity contribution in [3.8, 4) is 5.75 Å². The van der Waals surface area contributed by atoms with Gasteiger partial charge in [-0.2, -0.15) is 9.40 Å². The van der Waals surface area contributed by atoms with Crippen LogP contribution in [0.4, 0.5) is 0 Å². The average molecular weight is 347 g/mol. The van der Waals surface area contributed by atoms with Crippen LogP contribution in [0.3, 0.4) is 0 Å². The second-order valence-corrected chi connectivity index (χ2v) is 7.82. The number of methoxy groups -OCH3 is 1. The normalized spacial score (nSPS) is 16.0. The first kappa shape index (κ1) is 16.7. The van der Waals surface area contributed by atoms with Gasteiger partial charge in [0.1, 0.15) is 10.6 Å². The van der Waals surface area contributed by atoms with Crippen molar-refractivity contribution in [2.75, 3.05) is 20.2 Å². The van der Waals surface area contributed by atoms with Gasteiger partial charge in [0.2, 0.25) is 10.0 Å². The summed E-state index contributed by atoms with van der Waals surface area (Å²) in [7, 11) is -0.288. The largest absolute Gasteiger partial charge is 0.495 e. The number of benzene rings is 1. The Balaban J connectivity index is 1.94. The van der Waals surface area contributed by atoms with Gasteiger partial charge in [-0.05, 0) is 36.6 Å². The number of hydrogen-bond donors (Lipinski definition) is 0. The minimum Gasteiger partial charge on any atom is -0.495 e. The molecule has 0 spiro atoms. The Kier molecular flexibility index (Phi) is 4.47. The Labute approximate surface area is 142 Å². The highest BCUT2D eigenvalue weighted by molar-refractivity contribution is 7.89. The molecule has 24 heavy (non-hydrogen) atoms. The number of hydrogen-bond acceptors (Lipinski definition) is 4. The lowest BCUT2D eigenvalue weighted by molar-refractivity contribution is 0.395. The van der Waals surface area contributed by atoms with Crippen molar-refractivity contribution in [1.29, 1.82) is 0 Å². The first-order valence-corrected chi connectivity index (χ1v) is 9.18. The molecule has 7 heteroatoms. The van der Waals surface area contributed by atoms with Crippen LogP contribution in [0.1, 0.15) is 17.5 Å². The van der Waals surface area contributed by atoms with E-state index in [1.165, 1.54) is 11.4 Å². The number of nitrogens with zero attached hydrogens (tertiary/aromatic N) is 3. The lowest BCUT2D eigenvalue weighted by Crippen LogP contribution is -2.35. The van der Waals surface area contributed by atoms with Gasteiger partial charge in [0.15, 0.2) is 0 Å². The fraction of sp³-hybridized carbons (Fsp3) is 0.353. The first-order valence-electron chi connectivity index (χ1n) is 7.74. The third kappa shape index (κ3) is 3.09. The van der Waals surface area contributed by atoms with Gasteiger partial charge in [0, 0.05) is 31.9 Å². The van der Waals surface area contributed by atoms with Crippen LogP contribution >= 0.6 is 0 Å². The molecule has 0 radical (unpaired) electrons. The van der Waals surface area contributed by atoms with Gasteiger partial charge in [-0.15, -0.1) is 0 Å². The van der Waals surface area contributed by atoms with Crippen LogP contribution in [-0.4, -0.2) is 42.7 Å². The lowest BCUT2D eigenvalue weighted by Gasteiger charge is -2.27. The third-order valence-corrected chi connectivity index (χ3v) is 5.99. The maximum Gasteiger partial charge on any atom is 0.247 e. The molecule has 3 rings (SSSR count). The van der Waals surface area contributed by atoms with Gasteiger partial charge < -0.3 is 4.74 Å². The van der Waals surface area contributed by atoms with Crippen LogP contribution in [0.2, 0.25) is 0 Å². The lowest BCUT2D eigenvalue weighted by atomic mass is 10.1. The third-order valence-electron chi connectivity index (χ3n) is 4.13. The fourth-order valence-electron chi connectivity index (χ4n) is 2.84. The standard InChI is InChI=1S/C17H21N3O3S/c1-13-6-7-16(23-3)17(9-13)24(21,22)20-8-4-5-14(12-20)15-10-18-19(2)11-15/h5-7,9-11H,4,8,12H2,1-3H3. The summed E-state index contributed by atoms with van der Waals surface area (Å²) in [6.45, 7) is 2.67. The smallest absolute Gasteiger partial charge is 0.247 e. The zero-order valence-corrected chi connectivity index (χ0v) is 14.9. The Morgan fingerprint density at radius 2 is 2.08 bits per heavy atom. The van der Waals surface area contributed by atoms with Crippen LogP contribution in [0.15, 0.2) is 41.6 Å². The average Bonchev–Trinajstić information content (AvgIpc) is 3.01. The minimum absolute atomic E-state index is 0.220. The van der Waals surface area contributed by atoms with Gasteiger partial charge >= 0.3 is 0 Å². The van der Waals surface area contributed by atoms with Crippen molar-refractivity contribution >= 4 is 15.6 Å². The predicted molar refractivity (Wildman–Crippen MR) is 92.3 cm³/mol. The van der Waals surface area contributed by atoms with E-state index in [9.17, 15) is 8.42 Å². The quantitative estimate of drug-likeness (QED) is 0.851. The summed E-state index contributed by atoms with van der Waals surface area (Å²) in [6.07, 6.45) is 6.42. The second-order valence-electron chi connectivity index (χ2n) is 5.91. The van der Waals surface area contributed by atoms with Gasteiger partial charge in [0.25, 0.3) is 0 Å². The van der Waals surface area contributed by atoms with E-state index in [0.717, 1.165) is 16.7 Å². The SMILES string of the molecule is COc1ccc(C)cc1S(=O)(=O)N1CCC=C(c2cnn(C)c2)C1. The van der Waals surface area contributed by atoms with Crippen molar-refractivity contribution < 1.29 is 13.2 Å². The molecule has 0 aliphatic carbocycles. The minimum atomic E-state index is -3.62. The van der Waals surface area contributed by atoms with Crippen molar-refractivity contribution in [2.45, 2.75) is 18.2 Å². The Morgan fingerprint density at radius 1 is 1.29 bits per heavy atom. The summed E-state index contributed by atoms with van der Waals surface area (Å²) in [6, 6.07) is 5.20. The van der Waals surface area contributed by atoms with Crippen LogP contribution in [0.25, 0.3) is 5.57 Å². The van der Waals surface area contributed by atoms with E-state index in [0.29, 0.717) is 25.3 Å². The molecule has 0 N–H and O–H groups in total. The fourth-order valence-corrected chi connectivity index (χ4v) is 4.52. The molecule has 1 aliphatic heterocycles. The summed E-state index contributed by atoms with van der Waals surface area (Å²) >= 11 is 0. The van der Waals surface area contributed by atoms with Gasteiger partial charge in [0.05, 0.1) is 13.3 Å². The number of aromatic nitrogens is 2.